The number of esters is 2. The van der Waals surface area contributed by atoms with E-state index in [-0.39, 0.29) is 19.6 Å². The quantitative estimate of drug-likeness (QED) is 0.287. The van der Waals surface area contributed by atoms with Crippen LogP contribution in [0.3, 0.4) is 0 Å². The lowest BCUT2D eigenvalue weighted by molar-refractivity contribution is -0.542. The summed E-state index contributed by atoms with van der Waals surface area (Å²) >= 11 is 0. The number of hydrogen-bond donors (Lipinski definition) is 0. The minimum absolute atomic E-state index is 0.0339. The fraction of sp³-hybridized carbons (Fsp3) is 0.778. The molecule has 0 fully saturated rings. The molecule has 0 aliphatic carbocycles. The van der Waals surface area contributed by atoms with Crippen LogP contribution in [0.4, 0.5) is 0 Å². The Kier molecular flexibility index (Phi) is 5.41. The van der Waals surface area contributed by atoms with Crippen LogP contribution in [-0.4, -0.2) is 35.6 Å². The van der Waals surface area contributed by atoms with Crippen molar-refractivity contribution in [3.8, 4) is 0 Å². The zero-order valence-corrected chi connectivity index (χ0v) is 9.52. The van der Waals surface area contributed by atoms with Crippen LogP contribution in [0.15, 0.2) is 0 Å². The first-order chi connectivity index (χ1) is 7.47. The number of ether oxygens (including phenoxy) is 2. The van der Waals surface area contributed by atoms with E-state index in [1.165, 1.54) is 20.8 Å². The Labute approximate surface area is 92.9 Å². The van der Waals surface area contributed by atoms with Gasteiger partial charge in [-0.3, -0.25) is 10.1 Å². The van der Waals surface area contributed by atoms with Gasteiger partial charge in [-0.1, -0.05) is 6.92 Å². The van der Waals surface area contributed by atoms with Gasteiger partial charge in [0.05, 0.1) is 18.1 Å². The minimum Gasteiger partial charge on any atom is -0.460 e. The normalized spacial score (nSPS) is 10.7. The first-order valence-electron chi connectivity index (χ1n) is 4.96. The first kappa shape index (κ1) is 14.3. The van der Waals surface area contributed by atoms with E-state index in [0.717, 1.165) is 0 Å². The van der Waals surface area contributed by atoms with Crippen molar-refractivity contribution in [2.24, 2.45) is 0 Å². The van der Waals surface area contributed by atoms with Crippen LogP contribution in [-0.2, 0) is 19.1 Å². The second-order valence-corrected chi connectivity index (χ2v) is 2.91. The highest BCUT2D eigenvalue weighted by molar-refractivity contribution is 6.03. The number of nitro groups is 1. The summed E-state index contributed by atoms with van der Waals surface area (Å²) in [5, 5.41) is 10.9. The smallest absolute Gasteiger partial charge is 0.410 e. The molecular weight excluding hydrogens is 218 g/mol. The molecule has 0 aromatic rings. The summed E-state index contributed by atoms with van der Waals surface area (Å²) in [7, 11) is 0. The molecule has 7 nitrogen and oxygen atoms in total. The van der Waals surface area contributed by atoms with E-state index in [1.807, 2.05) is 0 Å². The average molecular weight is 233 g/mol. The molecule has 16 heavy (non-hydrogen) atoms. The van der Waals surface area contributed by atoms with Crippen LogP contribution in [0.1, 0.15) is 27.2 Å². The number of nitrogens with zero attached hydrogens (tertiary/aromatic N) is 1. The minimum atomic E-state index is -2.44. The maximum atomic E-state index is 11.5. The van der Waals surface area contributed by atoms with Crippen LogP contribution in [0.5, 0.6) is 0 Å². The van der Waals surface area contributed by atoms with Crippen LogP contribution in [0.25, 0.3) is 0 Å². The van der Waals surface area contributed by atoms with Crippen molar-refractivity contribution >= 4 is 11.9 Å². The summed E-state index contributed by atoms with van der Waals surface area (Å²) in [6.07, 6.45) is -0.308. The fourth-order valence-corrected chi connectivity index (χ4v) is 1.15. The number of rotatable bonds is 6. The number of carbonyl (C=O) groups is 2. The molecular formula is C9H15NO6. The van der Waals surface area contributed by atoms with Gasteiger partial charge in [-0.15, -0.1) is 0 Å². The first-order valence-corrected chi connectivity index (χ1v) is 4.96. The van der Waals surface area contributed by atoms with Gasteiger partial charge in [0.15, 0.2) is 0 Å². The van der Waals surface area contributed by atoms with E-state index in [0.29, 0.717) is 0 Å². The third-order valence-electron chi connectivity index (χ3n) is 2.05. The summed E-state index contributed by atoms with van der Waals surface area (Å²) in [6, 6.07) is 0. The highest BCUT2D eigenvalue weighted by Gasteiger charge is 2.60. The third kappa shape index (κ3) is 2.47. The Balaban J connectivity index is 5.23. The fourth-order valence-electron chi connectivity index (χ4n) is 1.15. The Morgan fingerprint density at radius 1 is 1.12 bits per heavy atom. The lowest BCUT2D eigenvalue weighted by atomic mass is 9.97. The van der Waals surface area contributed by atoms with Crippen molar-refractivity contribution in [1.29, 1.82) is 0 Å². The molecule has 0 bridgehead atoms. The van der Waals surface area contributed by atoms with E-state index >= 15 is 0 Å². The molecule has 0 atom stereocenters. The van der Waals surface area contributed by atoms with Crippen molar-refractivity contribution in [2.75, 3.05) is 13.2 Å². The topological polar surface area (TPSA) is 95.7 Å². The predicted molar refractivity (Wildman–Crippen MR) is 53.3 cm³/mol. The van der Waals surface area contributed by atoms with Gasteiger partial charge < -0.3 is 9.47 Å². The van der Waals surface area contributed by atoms with Crippen LogP contribution in [0.2, 0.25) is 0 Å². The second-order valence-electron chi connectivity index (χ2n) is 2.91. The monoisotopic (exact) mass is 233 g/mol. The molecule has 0 spiro atoms. The van der Waals surface area contributed by atoms with Gasteiger partial charge in [0.1, 0.15) is 0 Å². The SMILES string of the molecule is CCOC(=O)C(CC)(C(=O)OCC)[N+](=O)[O-]. The highest BCUT2D eigenvalue weighted by atomic mass is 16.7. The molecule has 0 aromatic heterocycles. The number of carbonyl (C=O) groups excluding carboxylic acids is 2. The summed E-state index contributed by atoms with van der Waals surface area (Å²) < 4.78 is 9.09. The molecule has 0 aromatic carbocycles. The van der Waals surface area contributed by atoms with E-state index in [9.17, 15) is 19.7 Å². The van der Waals surface area contributed by atoms with E-state index < -0.39 is 22.4 Å². The highest BCUT2D eigenvalue weighted by Crippen LogP contribution is 2.19. The standard InChI is InChI=1S/C9H15NO6/c1-4-9(10(13)14,7(11)15-5-2)8(12)16-6-3/h4-6H2,1-3H3. The molecule has 7 heteroatoms. The zero-order chi connectivity index (χ0) is 12.8. The Morgan fingerprint density at radius 2 is 1.50 bits per heavy atom. The van der Waals surface area contributed by atoms with Crippen molar-refractivity contribution < 1.29 is 24.0 Å². The number of hydrogen-bond acceptors (Lipinski definition) is 6. The maximum Gasteiger partial charge on any atom is 0.410 e. The van der Waals surface area contributed by atoms with Gasteiger partial charge in [0.25, 0.3) is 0 Å². The molecule has 0 aliphatic rings. The van der Waals surface area contributed by atoms with Crippen molar-refractivity contribution in [3.63, 3.8) is 0 Å². The van der Waals surface area contributed by atoms with Crippen LogP contribution in [0, 0.1) is 10.1 Å². The van der Waals surface area contributed by atoms with Crippen LogP contribution < -0.4 is 0 Å². The molecule has 0 saturated heterocycles. The van der Waals surface area contributed by atoms with E-state index in [4.69, 9.17) is 0 Å². The van der Waals surface area contributed by atoms with Crippen molar-refractivity contribution in [3.05, 3.63) is 10.1 Å². The Morgan fingerprint density at radius 3 is 1.69 bits per heavy atom. The molecule has 0 heterocycles. The lowest BCUT2D eigenvalue weighted by Crippen LogP contribution is -2.54. The summed E-state index contributed by atoms with van der Waals surface area (Å²) in [6.45, 7) is 4.30. The van der Waals surface area contributed by atoms with Gasteiger partial charge in [0.2, 0.25) is 0 Å². The average Bonchev–Trinajstić information content (AvgIpc) is 2.19. The lowest BCUT2D eigenvalue weighted by Gasteiger charge is -2.19. The molecule has 0 saturated carbocycles. The summed E-state index contributed by atoms with van der Waals surface area (Å²) in [4.78, 5) is 32.9. The van der Waals surface area contributed by atoms with Gasteiger partial charge in [-0.05, 0) is 13.8 Å². The van der Waals surface area contributed by atoms with Crippen molar-refractivity contribution in [2.45, 2.75) is 32.7 Å². The van der Waals surface area contributed by atoms with Gasteiger partial charge in [-0.25, -0.2) is 9.59 Å². The van der Waals surface area contributed by atoms with Gasteiger partial charge in [-0.2, -0.15) is 0 Å². The molecule has 0 amide bonds. The van der Waals surface area contributed by atoms with E-state index in [2.05, 4.69) is 9.47 Å². The summed E-state index contributed by atoms with van der Waals surface area (Å²) in [5.41, 5.74) is -2.44. The molecule has 0 N–H and O–H groups in total. The molecule has 0 aliphatic heterocycles. The molecule has 0 rings (SSSR count). The van der Waals surface area contributed by atoms with Gasteiger partial charge >= 0.3 is 17.5 Å². The Bertz CT molecular complexity index is 270. The molecule has 0 radical (unpaired) electrons. The maximum absolute atomic E-state index is 11.5. The largest absolute Gasteiger partial charge is 0.460 e. The third-order valence-corrected chi connectivity index (χ3v) is 2.05. The Hall–Kier alpha value is -1.66. The van der Waals surface area contributed by atoms with Crippen molar-refractivity contribution in [1.82, 2.24) is 0 Å². The molecule has 0 unspecified atom stereocenters. The van der Waals surface area contributed by atoms with Gasteiger partial charge in [0, 0.05) is 6.42 Å². The zero-order valence-electron chi connectivity index (χ0n) is 9.52. The second kappa shape index (κ2) is 6.04. The predicted octanol–water partition coefficient (Wildman–Crippen LogP) is 0.538. The van der Waals surface area contributed by atoms with E-state index in [1.54, 1.807) is 0 Å². The summed E-state index contributed by atoms with van der Waals surface area (Å²) in [5.74, 6) is -2.36. The molecule has 92 valence electrons. The van der Waals surface area contributed by atoms with Crippen LogP contribution >= 0.6 is 0 Å².